The van der Waals surface area contributed by atoms with Gasteiger partial charge in [-0.3, -0.25) is 4.79 Å². The van der Waals surface area contributed by atoms with Gasteiger partial charge in [-0.2, -0.15) is 13.2 Å². The molecular formula is C13H21ClF3NO2. The van der Waals surface area contributed by atoms with Crippen molar-refractivity contribution in [3.63, 3.8) is 0 Å². The summed E-state index contributed by atoms with van der Waals surface area (Å²) >= 11 is 5.92. The summed E-state index contributed by atoms with van der Waals surface area (Å²) in [5.74, 6) is -1.71. The average molecular weight is 316 g/mol. The standard InChI is InChI=1S/C13H21ClF3NO2/c1-20-8-11(14)6-7-18-12(19)9-2-4-10(5-3-9)13(15,16)17/h9-11H,2-8H2,1H3,(H,18,19). The van der Waals surface area contributed by atoms with Gasteiger partial charge in [0.25, 0.3) is 0 Å². The second-order valence-corrected chi connectivity index (χ2v) is 5.84. The van der Waals surface area contributed by atoms with Crippen LogP contribution in [0.1, 0.15) is 32.1 Å². The van der Waals surface area contributed by atoms with Crippen LogP contribution in [0.4, 0.5) is 13.2 Å². The maximum absolute atomic E-state index is 12.5. The minimum absolute atomic E-state index is 0.0450. The Hall–Kier alpha value is -0.490. The molecule has 20 heavy (non-hydrogen) atoms. The fourth-order valence-corrected chi connectivity index (χ4v) is 2.68. The van der Waals surface area contributed by atoms with Crippen LogP contribution in [0.25, 0.3) is 0 Å². The van der Waals surface area contributed by atoms with Gasteiger partial charge in [-0.15, -0.1) is 11.6 Å². The average Bonchev–Trinajstić information content (AvgIpc) is 2.38. The lowest BCUT2D eigenvalue weighted by Gasteiger charge is -2.29. The summed E-state index contributed by atoms with van der Waals surface area (Å²) in [6.07, 6.45) is -2.85. The number of carbonyl (C=O) groups excluding carboxylic acids is 1. The zero-order chi connectivity index (χ0) is 15.2. The Morgan fingerprint density at radius 3 is 2.45 bits per heavy atom. The topological polar surface area (TPSA) is 38.3 Å². The van der Waals surface area contributed by atoms with Gasteiger partial charge in [-0.25, -0.2) is 0 Å². The largest absolute Gasteiger partial charge is 0.391 e. The number of methoxy groups -OCH3 is 1. The van der Waals surface area contributed by atoms with Crippen LogP contribution in [0.15, 0.2) is 0 Å². The van der Waals surface area contributed by atoms with E-state index in [1.807, 2.05) is 0 Å². The van der Waals surface area contributed by atoms with Crippen molar-refractivity contribution in [1.82, 2.24) is 5.32 Å². The molecule has 1 amide bonds. The first kappa shape index (κ1) is 17.6. The summed E-state index contributed by atoms with van der Waals surface area (Å²) in [6, 6.07) is 0. The van der Waals surface area contributed by atoms with Gasteiger partial charge in [0.1, 0.15) is 0 Å². The molecule has 3 nitrogen and oxygen atoms in total. The molecular weight excluding hydrogens is 295 g/mol. The molecule has 1 N–H and O–H groups in total. The number of hydrogen-bond donors (Lipinski definition) is 1. The molecule has 0 radical (unpaired) electrons. The maximum Gasteiger partial charge on any atom is 0.391 e. The molecule has 0 aromatic heterocycles. The number of rotatable bonds is 6. The normalized spacial score (nSPS) is 25.2. The van der Waals surface area contributed by atoms with E-state index in [4.69, 9.17) is 16.3 Å². The number of ether oxygens (including phenoxy) is 1. The summed E-state index contributed by atoms with van der Waals surface area (Å²) in [7, 11) is 1.55. The van der Waals surface area contributed by atoms with Gasteiger partial charge in [0.2, 0.25) is 5.91 Å². The summed E-state index contributed by atoms with van der Waals surface area (Å²) in [6.45, 7) is 0.837. The van der Waals surface area contributed by atoms with E-state index in [-0.39, 0.29) is 30.0 Å². The first-order valence-electron chi connectivity index (χ1n) is 6.82. The maximum atomic E-state index is 12.5. The first-order valence-corrected chi connectivity index (χ1v) is 7.25. The molecule has 0 spiro atoms. The van der Waals surface area contributed by atoms with Crippen molar-refractivity contribution in [3.05, 3.63) is 0 Å². The number of nitrogens with one attached hydrogen (secondary N) is 1. The molecule has 0 bridgehead atoms. The SMILES string of the molecule is COCC(Cl)CCNC(=O)C1CCC(C(F)(F)F)CC1. The quantitative estimate of drug-likeness (QED) is 0.765. The Bertz CT molecular complexity index is 304. The second kappa shape index (κ2) is 8.08. The Morgan fingerprint density at radius 2 is 1.95 bits per heavy atom. The van der Waals surface area contributed by atoms with Crippen molar-refractivity contribution in [1.29, 1.82) is 0 Å². The number of halogens is 4. The molecule has 0 aromatic carbocycles. The third-order valence-electron chi connectivity index (χ3n) is 3.67. The van der Waals surface area contributed by atoms with E-state index in [0.29, 0.717) is 32.4 Å². The second-order valence-electron chi connectivity index (χ2n) is 5.22. The predicted octanol–water partition coefficient (Wildman–Crippen LogP) is 3.12. The van der Waals surface area contributed by atoms with Gasteiger partial charge in [0.15, 0.2) is 0 Å². The van der Waals surface area contributed by atoms with Crippen LogP contribution in [0.5, 0.6) is 0 Å². The molecule has 7 heteroatoms. The van der Waals surface area contributed by atoms with Crippen LogP contribution in [0, 0.1) is 11.8 Å². The third-order valence-corrected chi connectivity index (χ3v) is 4.01. The van der Waals surface area contributed by atoms with Crippen molar-refractivity contribution in [2.75, 3.05) is 20.3 Å². The van der Waals surface area contributed by atoms with Gasteiger partial charge < -0.3 is 10.1 Å². The molecule has 1 rings (SSSR count). The molecule has 1 atom stereocenters. The lowest BCUT2D eigenvalue weighted by Crippen LogP contribution is -2.37. The van der Waals surface area contributed by atoms with E-state index in [2.05, 4.69) is 5.32 Å². The highest BCUT2D eigenvalue weighted by Gasteiger charge is 2.42. The highest BCUT2D eigenvalue weighted by molar-refractivity contribution is 6.20. The number of hydrogen-bond acceptors (Lipinski definition) is 2. The van der Waals surface area contributed by atoms with E-state index in [1.54, 1.807) is 7.11 Å². The van der Waals surface area contributed by atoms with E-state index >= 15 is 0 Å². The summed E-state index contributed by atoms with van der Waals surface area (Å²) in [4.78, 5) is 11.8. The number of alkyl halides is 4. The minimum atomic E-state index is -4.13. The molecule has 0 saturated heterocycles. The Kier molecular flexibility index (Phi) is 7.09. The van der Waals surface area contributed by atoms with Gasteiger partial charge in [-0.05, 0) is 32.1 Å². The van der Waals surface area contributed by atoms with E-state index in [9.17, 15) is 18.0 Å². The van der Waals surface area contributed by atoms with Crippen molar-refractivity contribution in [2.45, 2.75) is 43.7 Å². The van der Waals surface area contributed by atoms with Crippen molar-refractivity contribution in [2.24, 2.45) is 11.8 Å². The van der Waals surface area contributed by atoms with E-state index in [1.165, 1.54) is 0 Å². The molecule has 0 aromatic rings. The van der Waals surface area contributed by atoms with Crippen LogP contribution < -0.4 is 5.32 Å². The molecule has 1 fully saturated rings. The Labute approximate surface area is 122 Å². The van der Waals surface area contributed by atoms with Gasteiger partial charge in [0.05, 0.1) is 17.9 Å². The van der Waals surface area contributed by atoms with Gasteiger partial charge in [-0.1, -0.05) is 0 Å². The highest BCUT2D eigenvalue weighted by atomic mass is 35.5. The predicted molar refractivity (Wildman–Crippen MR) is 70.6 cm³/mol. The van der Waals surface area contributed by atoms with Crippen LogP contribution in [0.2, 0.25) is 0 Å². The molecule has 1 saturated carbocycles. The van der Waals surface area contributed by atoms with E-state index in [0.717, 1.165) is 0 Å². The molecule has 1 aliphatic carbocycles. The lowest BCUT2D eigenvalue weighted by molar-refractivity contribution is -0.184. The smallest absolute Gasteiger partial charge is 0.383 e. The number of carbonyl (C=O) groups is 1. The fraction of sp³-hybridized carbons (Fsp3) is 0.923. The van der Waals surface area contributed by atoms with Crippen LogP contribution in [-0.4, -0.2) is 37.7 Å². The molecule has 118 valence electrons. The molecule has 0 heterocycles. The fourth-order valence-electron chi connectivity index (χ4n) is 2.44. The summed E-state index contributed by atoms with van der Waals surface area (Å²) in [5, 5.41) is 2.57. The van der Waals surface area contributed by atoms with E-state index < -0.39 is 12.1 Å². The van der Waals surface area contributed by atoms with Gasteiger partial charge in [0, 0.05) is 19.6 Å². The summed E-state index contributed by atoms with van der Waals surface area (Å²) in [5.41, 5.74) is 0. The Morgan fingerprint density at radius 1 is 1.35 bits per heavy atom. The monoisotopic (exact) mass is 315 g/mol. The van der Waals surface area contributed by atoms with Crippen LogP contribution >= 0.6 is 11.6 Å². The zero-order valence-electron chi connectivity index (χ0n) is 11.5. The molecule has 0 aliphatic heterocycles. The zero-order valence-corrected chi connectivity index (χ0v) is 12.3. The van der Waals surface area contributed by atoms with Crippen molar-refractivity contribution < 1.29 is 22.7 Å². The van der Waals surface area contributed by atoms with Crippen molar-refractivity contribution in [3.8, 4) is 0 Å². The first-order chi connectivity index (χ1) is 9.34. The van der Waals surface area contributed by atoms with Gasteiger partial charge >= 0.3 is 6.18 Å². The third kappa shape index (κ3) is 5.87. The van der Waals surface area contributed by atoms with Crippen LogP contribution in [0.3, 0.4) is 0 Å². The molecule has 1 aliphatic rings. The minimum Gasteiger partial charge on any atom is -0.383 e. The highest BCUT2D eigenvalue weighted by Crippen LogP contribution is 2.39. The molecule has 1 unspecified atom stereocenters. The van der Waals surface area contributed by atoms with Crippen molar-refractivity contribution >= 4 is 17.5 Å². The van der Waals surface area contributed by atoms with Crippen LogP contribution in [-0.2, 0) is 9.53 Å². The Balaban J connectivity index is 2.23. The lowest BCUT2D eigenvalue weighted by atomic mass is 9.81. The summed E-state index contributed by atoms with van der Waals surface area (Å²) < 4.78 is 42.4. The number of amides is 1.